The van der Waals surface area contributed by atoms with Gasteiger partial charge in [0.25, 0.3) is 0 Å². The fourth-order valence-electron chi connectivity index (χ4n) is 2.34. The zero-order valence-electron chi connectivity index (χ0n) is 13.0. The number of hydrogen-bond acceptors (Lipinski definition) is 3. The highest BCUT2D eigenvalue weighted by Gasteiger charge is 2.08. The summed E-state index contributed by atoms with van der Waals surface area (Å²) in [5.74, 6) is 0.755. The molecule has 0 amide bonds. The van der Waals surface area contributed by atoms with Crippen LogP contribution in [-0.4, -0.2) is 14.9 Å². The maximum Gasteiger partial charge on any atom is 0.132 e. The van der Waals surface area contributed by atoms with Crippen molar-refractivity contribution < 1.29 is 9.84 Å². The molecular formula is C17H24N2O2. The Bertz CT molecular complexity index is 559. The molecule has 1 atom stereocenters. The molecule has 21 heavy (non-hydrogen) atoms. The number of aromatic nitrogens is 2. The van der Waals surface area contributed by atoms with Gasteiger partial charge in [0.1, 0.15) is 12.4 Å². The molecule has 4 nitrogen and oxygen atoms in total. The van der Waals surface area contributed by atoms with Gasteiger partial charge in [0.15, 0.2) is 0 Å². The van der Waals surface area contributed by atoms with Crippen LogP contribution in [0.15, 0.2) is 36.5 Å². The number of ether oxygens (including phenoxy) is 1. The summed E-state index contributed by atoms with van der Waals surface area (Å²) in [5, 5.41) is 14.1. The Morgan fingerprint density at radius 1 is 1.24 bits per heavy atom. The monoisotopic (exact) mass is 288 g/mol. The third-order valence-corrected chi connectivity index (χ3v) is 3.71. The summed E-state index contributed by atoms with van der Waals surface area (Å²) in [6.07, 6.45) is 3.69. The van der Waals surface area contributed by atoms with Gasteiger partial charge in [-0.15, -0.1) is 0 Å². The Labute approximate surface area is 126 Å². The summed E-state index contributed by atoms with van der Waals surface area (Å²) in [7, 11) is 0. The highest BCUT2D eigenvalue weighted by molar-refractivity contribution is 5.29. The van der Waals surface area contributed by atoms with Crippen LogP contribution in [0.1, 0.15) is 57.0 Å². The van der Waals surface area contributed by atoms with E-state index in [1.807, 2.05) is 41.2 Å². The van der Waals surface area contributed by atoms with Crippen LogP contribution in [-0.2, 0) is 6.61 Å². The lowest BCUT2D eigenvalue weighted by atomic mass is 10.1. The van der Waals surface area contributed by atoms with Crippen molar-refractivity contribution >= 4 is 0 Å². The molecule has 0 saturated heterocycles. The third kappa shape index (κ3) is 4.08. The molecule has 0 fully saturated rings. The fourth-order valence-corrected chi connectivity index (χ4v) is 2.34. The van der Waals surface area contributed by atoms with E-state index in [2.05, 4.69) is 18.9 Å². The summed E-state index contributed by atoms with van der Waals surface area (Å²) in [4.78, 5) is 0. The zero-order chi connectivity index (χ0) is 15.2. The third-order valence-electron chi connectivity index (χ3n) is 3.71. The van der Waals surface area contributed by atoms with Gasteiger partial charge in [0.05, 0.1) is 17.8 Å². The molecule has 1 heterocycles. The Hall–Kier alpha value is -1.81. The molecule has 2 aromatic rings. The van der Waals surface area contributed by atoms with E-state index in [0.717, 1.165) is 29.8 Å². The van der Waals surface area contributed by atoms with E-state index in [1.54, 1.807) is 6.92 Å². The van der Waals surface area contributed by atoms with Gasteiger partial charge < -0.3 is 9.84 Å². The van der Waals surface area contributed by atoms with Gasteiger partial charge in [0.2, 0.25) is 0 Å². The van der Waals surface area contributed by atoms with Gasteiger partial charge in [0, 0.05) is 6.20 Å². The minimum absolute atomic E-state index is 0.441. The maximum atomic E-state index is 9.58. The summed E-state index contributed by atoms with van der Waals surface area (Å²) in [6.45, 7) is 6.54. The van der Waals surface area contributed by atoms with Gasteiger partial charge >= 0.3 is 0 Å². The number of hydrogen-bond donors (Lipinski definition) is 1. The van der Waals surface area contributed by atoms with Gasteiger partial charge in [-0.2, -0.15) is 5.10 Å². The first-order chi connectivity index (χ1) is 10.1. The molecule has 0 spiro atoms. The lowest BCUT2D eigenvalue weighted by Crippen LogP contribution is -2.08. The largest absolute Gasteiger partial charge is 0.487 e. The molecule has 1 N–H and O–H groups in total. The predicted octanol–water partition coefficient (Wildman–Crippen LogP) is 3.88. The standard InChI is InChI=1S/C17H24N2O2/c1-4-16(5-2)19-10-9-15(18-19)12-21-17-8-6-7-14(11-17)13(3)20/h6-11,13,16,20H,4-5,12H2,1-3H3/t13-/m1/s1. The van der Waals surface area contributed by atoms with Gasteiger partial charge in [-0.1, -0.05) is 26.0 Å². The van der Waals surface area contributed by atoms with Crippen LogP contribution >= 0.6 is 0 Å². The van der Waals surface area contributed by atoms with Crippen molar-refractivity contribution in [3.63, 3.8) is 0 Å². The van der Waals surface area contributed by atoms with Crippen molar-refractivity contribution in [2.45, 2.75) is 52.4 Å². The molecule has 0 aliphatic rings. The maximum absolute atomic E-state index is 9.58. The molecular weight excluding hydrogens is 264 g/mol. The Morgan fingerprint density at radius 2 is 2.00 bits per heavy atom. The second kappa shape index (κ2) is 7.27. The summed E-state index contributed by atoms with van der Waals surface area (Å²) >= 11 is 0. The van der Waals surface area contributed by atoms with Crippen LogP contribution in [0.2, 0.25) is 0 Å². The first kappa shape index (κ1) is 15.6. The van der Waals surface area contributed by atoms with E-state index in [0.29, 0.717) is 12.6 Å². The molecule has 0 unspecified atom stereocenters. The summed E-state index contributed by atoms with van der Waals surface area (Å²) in [6, 6.07) is 9.99. The zero-order valence-corrected chi connectivity index (χ0v) is 13.0. The van der Waals surface area contributed by atoms with Crippen LogP contribution in [0.4, 0.5) is 0 Å². The normalized spacial score (nSPS) is 12.6. The fraction of sp³-hybridized carbons (Fsp3) is 0.471. The van der Waals surface area contributed by atoms with Crippen molar-refractivity contribution in [3.05, 3.63) is 47.8 Å². The molecule has 0 saturated carbocycles. The predicted molar refractivity (Wildman–Crippen MR) is 83.3 cm³/mol. The smallest absolute Gasteiger partial charge is 0.132 e. The second-order valence-electron chi connectivity index (χ2n) is 5.29. The minimum Gasteiger partial charge on any atom is -0.487 e. The van der Waals surface area contributed by atoms with E-state index in [-0.39, 0.29) is 0 Å². The van der Waals surface area contributed by atoms with Crippen LogP contribution < -0.4 is 4.74 Å². The highest BCUT2D eigenvalue weighted by atomic mass is 16.5. The Kier molecular flexibility index (Phi) is 5.39. The highest BCUT2D eigenvalue weighted by Crippen LogP contribution is 2.20. The van der Waals surface area contributed by atoms with Crippen LogP contribution in [0.5, 0.6) is 5.75 Å². The first-order valence-electron chi connectivity index (χ1n) is 7.58. The van der Waals surface area contributed by atoms with E-state index in [4.69, 9.17) is 4.74 Å². The van der Waals surface area contributed by atoms with E-state index in [9.17, 15) is 5.11 Å². The SMILES string of the molecule is CCC(CC)n1ccc(COc2cccc([C@@H](C)O)c2)n1. The van der Waals surface area contributed by atoms with Crippen molar-refractivity contribution in [1.82, 2.24) is 9.78 Å². The Balaban J connectivity index is 1.98. The number of aliphatic hydroxyl groups is 1. The number of nitrogens with zero attached hydrogens (tertiary/aromatic N) is 2. The molecule has 1 aromatic carbocycles. The van der Waals surface area contributed by atoms with Crippen molar-refractivity contribution in [2.24, 2.45) is 0 Å². The molecule has 0 aliphatic carbocycles. The Morgan fingerprint density at radius 3 is 2.67 bits per heavy atom. The van der Waals surface area contributed by atoms with Crippen LogP contribution in [0.3, 0.4) is 0 Å². The molecule has 0 bridgehead atoms. The van der Waals surface area contributed by atoms with E-state index in [1.165, 1.54) is 0 Å². The van der Waals surface area contributed by atoms with Gasteiger partial charge in [-0.25, -0.2) is 0 Å². The van der Waals surface area contributed by atoms with Crippen LogP contribution in [0.25, 0.3) is 0 Å². The average Bonchev–Trinajstić information content (AvgIpc) is 2.95. The lowest BCUT2D eigenvalue weighted by molar-refractivity contribution is 0.198. The number of rotatable bonds is 7. The molecule has 114 valence electrons. The number of benzene rings is 1. The van der Waals surface area contributed by atoms with Crippen molar-refractivity contribution in [3.8, 4) is 5.75 Å². The summed E-state index contributed by atoms with van der Waals surface area (Å²) < 4.78 is 7.78. The van der Waals surface area contributed by atoms with Gasteiger partial charge in [-0.3, -0.25) is 4.68 Å². The molecule has 2 rings (SSSR count). The van der Waals surface area contributed by atoms with E-state index < -0.39 is 6.10 Å². The van der Waals surface area contributed by atoms with E-state index >= 15 is 0 Å². The average molecular weight is 288 g/mol. The lowest BCUT2D eigenvalue weighted by Gasteiger charge is -2.12. The molecule has 0 aliphatic heterocycles. The summed E-state index contributed by atoms with van der Waals surface area (Å²) in [5.41, 5.74) is 1.78. The van der Waals surface area contributed by atoms with Crippen LogP contribution in [0, 0.1) is 0 Å². The minimum atomic E-state index is -0.484. The second-order valence-corrected chi connectivity index (χ2v) is 5.29. The molecule has 4 heteroatoms. The topological polar surface area (TPSA) is 47.3 Å². The molecule has 0 radical (unpaired) electrons. The quantitative estimate of drug-likeness (QED) is 0.841. The molecule has 1 aromatic heterocycles. The van der Waals surface area contributed by atoms with Gasteiger partial charge in [-0.05, 0) is 43.5 Å². The van der Waals surface area contributed by atoms with Crippen molar-refractivity contribution in [1.29, 1.82) is 0 Å². The number of aliphatic hydroxyl groups excluding tert-OH is 1. The van der Waals surface area contributed by atoms with Crippen molar-refractivity contribution in [2.75, 3.05) is 0 Å². The first-order valence-corrected chi connectivity index (χ1v) is 7.58.